The Hall–Kier alpha value is -2.68. The first kappa shape index (κ1) is 23.0. The van der Waals surface area contributed by atoms with Crippen LogP contribution in [0.3, 0.4) is 0 Å². The van der Waals surface area contributed by atoms with Crippen LogP contribution in [0.1, 0.15) is 36.5 Å². The van der Waals surface area contributed by atoms with Crippen LogP contribution in [0.15, 0.2) is 59.0 Å². The maximum Gasteiger partial charge on any atom is 0.226 e. The van der Waals surface area contributed by atoms with E-state index >= 15 is 0 Å². The molecule has 8 heteroatoms. The van der Waals surface area contributed by atoms with Crippen molar-refractivity contribution in [3.8, 4) is 17.2 Å². The molecule has 0 bridgehead atoms. The maximum atomic E-state index is 11.3. The van der Waals surface area contributed by atoms with Crippen molar-refractivity contribution in [3.63, 3.8) is 0 Å². The highest BCUT2D eigenvalue weighted by Gasteiger charge is 2.14. The zero-order valence-corrected chi connectivity index (χ0v) is 18.8. The van der Waals surface area contributed by atoms with Crippen LogP contribution in [0.5, 0.6) is 5.75 Å². The standard InChI is InChI=1S/C23H28N2O5S/c1-4-28-22(14-15-24-31(3,26)27)18-10-12-20(13-11-18)29-16-21-17(2)30-23(25-21)19-8-6-5-7-9-19/h5-13,22,24H,4,14-16H2,1-3H3. The lowest BCUT2D eigenvalue weighted by Crippen LogP contribution is -2.24. The van der Waals surface area contributed by atoms with E-state index in [1.54, 1.807) is 0 Å². The predicted molar refractivity (Wildman–Crippen MR) is 119 cm³/mol. The van der Waals surface area contributed by atoms with Gasteiger partial charge in [-0.3, -0.25) is 0 Å². The average molecular weight is 445 g/mol. The van der Waals surface area contributed by atoms with Crippen LogP contribution < -0.4 is 9.46 Å². The number of aromatic nitrogens is 1. The van der Waals surface area contributed by atoms with Crippen LogP contribution in [-0.4, -0.2) is 32.8 Å². The summed E-state index contributed by atoms with van der Waals surface area (Å²) in [4.78, 5) is 4.55. The summed E-state index contributed by atoms with van der Waals surface area (Å²) in [6.07, 6.45) is 1.50. The first-order valence-corrected chi connectivity index (χ1v) is 12.1. The number of aryl methyl sites for hydroxylation is 1. The molecule has 0 saturated heterocycles. The Balaban J connectivity index is 1.60. The van der Waals surface area contributed by atoms with Gasteiger partial charge in [0, 0.05) is 18.7 Å². The topological polar surface area (TPSA) is 90.7 Å². The quantitative estimate of drug-likeness (QED) is 0.476. The number of benzene rings is 2. The fourth-order valence-electron chi connectivity index (χ4n) is 3.12. The lowest BCUT2D eigenvalue weighted by atomic mass is 10.1. The molecule has 31 heavy (non-hydrogen) atoms. The molecule has 1 heterocycles. The van der Waals surface area contributed by atoms with E-state index in [4.69, 9.17) is 13.9 Å². The number of hydrogen-bond acceptors (Lipinski definition) is 6. The molecule has 3 aromatic rings. The normalized spacial score (nSPS) is 12.6. The number of nitrogens with zero attached hydrogens (tertiary/aromatic N) is 1. The van der Waals surface area contributed by atoms with E-state index in [1.807, 2.05) is 68.4 Å². The smallest absolute Gasteiger partial charge is 0.226 e. The van der Waals surface area contributed by atoms with Gasteiger partial charge in [-0.25, -0.2) is 18.1 Å². The summed E-state index contributed by atoms with van der Waals surface area (Å²) in [7, 11) is -3.22. The molecule has 0 aliphatic rings. The van der Waals surface area contributed by atoms with Gasteiger partial charge in [-0.1, -0.05) is 30.3 Å². The third-order valence-electron chi connectivity index (χ3n) is 4.68. The highest BCUT2D eigenvalue weighted by molar-refractivity contribution is 7.88. The third kappa shape index (κ3) is 6.92. The van der Waals surface area contributed by atoms with Crippen molar-refractivity contribution < 1.29 is 22.3 Å². The van der Waals surface area contributed by atoms with E-state index in [0.717, 1.165) is 28.8 Å². The second-order valence-corrected chi connectivity index (χ2v) is 8.98. The van der Waals surface area contributed by atoms with Crippen LogP contribution in [0.4, 0.5) is 0 Å². The molecule has 1 atom stereocenters. The summed E-state index contributed by atoms with van der Waals surface area (Å²) in [5, 5.41) is 0. The van der Waals surface area contributed by atoms with E-state index in [-0.39, 0.29) is 6.10 Å². The van der Waals surface area contributed by atoms with E-state index in [2.05, 4.69) is 9.71 Å². The minimum atomic E-state index is -3.22. The van der Waals surface area contributed by atoms with Crippen LogP contribution in [0.25, 0.3) is 11.5 Å². The fraction of sp³-hybridized carbons (Fsp3) is 0.348. The average Bonchev–Trinajstić information content (AvgIpc) is 3.12. The summed E-state index contributed by atoms with van der Waals surface area (Å²) in [6.45, 7) is 4.94. The maximum absolute atomic E-state index is 11.3. The van der Waals surface area contributed by atoms with Crippen molar-refractivity contribution in [2.45, 2.75) is 33.0 Å². The van der Waals surface area contributed by atoms with Gasteiger partial charge in [-0.05, 0) is 50.1 Å². The molecule has 3 rings (SSSR count). The molecule has 0 radical (unpaired) electrons. The zero-order valence-electron chi connectivity index (χ0n) is 18.0. The first-order valence-electron chi connectivity index (χ1n) is 10.2. The van der Waals surface area contributed by atoms with E-state index in [1.165, 1.54) is 0 Å². The lowest BCUT2D eigenvalue weighted by Gasteiger charge is -2.18. The van der Waals surface area contributed by atoms with Gasteiger partial charge >= 0.3 is 0 Å². The molecule has 0 saturated carbocycles. The Morgan fingerprint density at radius 2 is 1.81 bits per heavy atom. The molecule has 0 spiro atoms. The van der Waals surface area contributed by atoms with E-state index < -0.39 is 10.0 Å². The highest BCUT2D eigenvalue weighted by atomic mass is 32.2. The van der Waals surface area contributed by atoms with Gasteiger partial charge in [0.25, 0.3) is 0 Å². The Kier molecular flexibility index (Phi) is 7.84. The Morgan fingerprint density at radius 1 is 1.10 bits per heavy atom. The molecule has 0 fully saturated rings. The molecule has 7 nitrogen and oxygen atoms in total. The van der Waals surface area contributed by atoms with Crippen molar-refractivity contribution in [2.75, 3.05) is 19.4 Å². The summed E-state index contributed by atoms with van der Waals surface area (Å²) in [5.41, 5.74) is 2.64. The number of nitrogens with one attached hydrogen (secondary N) is 1. The lowest BCUT2D eigenvalue weighted by molar-refractivity contribution is 0.0573. The number of rotatable bonds is 11. The largest absolute Gasteiger partial charge is 0.487 e. The predicted octanol–water partition coefficient (Wildman–Crippen LogP) is 4.25. The molecule has 1 aromatic heterocycles. The Labute approximate surface area is 183 Å². The van der Waals surface area contributed by atoms with Gasteiger partial charge in [0.05, 0.1) is 12.4 Å². The van der Waals surface area contributed by atoms with Gasteiger partial charge in [-0.2, -0.15) is 0 Å². The summed E-state index contributed by atoms with van der Waals surface area (Å²) < 4.78 is 42.5. The minimum absolute atomic E-state index is 0.195. The highest BCUT2D eigenvalue weighted by Crippen LogP contribution is 2.25. The molecular formula is C23H28N2O5S. The number of sulfonamides is 1. The van der Waals surface area contributed by atoms with Gasteiger partial charge in [0.15, 0.2) is 0 Å². The first-order chi connectivity index (χ1) is 14.9. The SMILES string of the molecule is CCOC(CCNS(C)(=O)=O)c1ccc(OCc2nc(-c3ccccc3)oc2C)cc1. The summed E-state index contributed by atoms with van der Waals surface area (Å²) in [5.74, 6) is 2.01. The fourth-order valence-corrected chi connectivity index (χ4v) is 3.61. The molecule has 1 N–H and O–H groups in total. The molecular weight excluding hydrogens is 416 g/mol. The van der Waals surface area contributed by atoms with Crippen molar-refractivity contribution in [2.24, 2.45) is 0 Å². The van der Waals surface area contributed by atoms with Crippen molar-refractivity contribution in [1.29, 1.82) is 0 Å². The Bertz CT molecular complexity index is 1060. The van der Waals surface area contributed by atoms with Crippen LogP contribution >= 0.6 is 0 Å². The van der Waals surface area contributed by atoms with Crippen molar-refractivity contribution >= 4 is 10.0 Å². The molecule has 1 unspecified atom stereocenters. The molecule has 166 valence electrons. The molecule has 0 amide bonds. The number of ether oxygens (including phenoxy) is 2. The van der Waals surface area contributed by atoms with Gasteiger partial charge in [-0.15, -0.1) is 0 Å². The minimum Gasteiger partial charge on any atom is -0.487 e. The number of hydrogen-bond donors (Lipinski definition) is 1. The number of oxazole rings is 1. The van der Waals surface area contributed by atoms with Gasteiger partial charge in [0.1, 0.15) is 23.8 Å². The van der Waals surface area contributed by atoms with Gasteiger partial charge < -0.3 is 13.9 Å². The molecule has 0 aliphatic heterocycles. The molecule has 2 aromatic carbocycles. The van der Waals surface area contributed by atoms with Crippen LogP contribution in [-0.2, 0) is 21.4 Å². The Morgan fingerprint density at radius 3 is 2.45 bits per heavy atom. The second kappa shape index (κ2) is 10.6. The monoisotopic (exact) mass is 444 g/mol. The zero-order chi connectivity index (χ0) is 22.3. The van der Waals surface area contributed by atoms with Crippen molar-refractivity contribution in [1.82, 2.24) is 9.71 Å². The third-order valence-corrected chi connectivity index (χ3v) is 5.41. The second-order valence-electron chi connectivity index (χ2n) is 7.14. The van der Waals surface area contributed by atoms with Crippen LogP contribution in [0.2, 0.25) is 0 Å². The van der Waals surface area contributed by atoms with E-state index in [9.17, 15) is 8.42 Å². The van der Waals surface area contributed by atoms with Crippen molar-refractivity contribution in [3.05, 3.63) is 71.6 Å². The summed E-state index contributed by atoms with van der Waals surface area (Å²) in [6, 6.07) is 17.4. The molecule has 0 aliphatic carbocycles. The van der Waals surface area contributed by atoms with Gasteiger partial charge in [0.2, 0.25) is 15.9 Å². The van der Waals surface area contributed by atoms with Crippen LogP contribution in [0, 0.1) is 6.92 Å². The summed E-state index contributed by atoms with van der Waals surface area (Å²) >= 11 is 0. The van der Waals surface area contributed by atoms with E-state index in [0.29, 0.717) is 37.8 Å².